The molecule has 1 amide bonds. The normalized spacial score (nSPS) is 17.0. The van der Waals surface area contributed by atoms with Gasteiger partial charge in [0.1, 0.15) is 6.54 Å². The summed E-state index contributed by atoms with van der Waals surface area (Å²) in [5.41, 5.74) is 1.03. The first-order valence-corrected chi connectivity index (χ1v) is 11.4. The number of aryl methyl sites for hydroxylation is 1. The lowest BCUT2D eigenvalue weighted by Gasteiger charge is -2.34. The Morgan fingerprint density at radius 1 is 1.11 bits per heavy atom. The zero-order valence-electron chi connectivity index (χ0n) is 15.7. The molecule has 6 nitrogen and oxygen atoms in total. The monoisotopic (exact) mass is 408 g/mol. The molecule has 1 unspecified atom stereocenters. The van der Waals surface area contributed by atoms with Crippen LogP contribution < -0.4 is 4.90 Å². The highest BCUT2D eigenvalue weighted by molar-refractivity contribution is 7.89. The molecule has 0 aliphatic carbocycles. The Morgan fingerprint density at radius 2 is 1.78 bits per heavy atom. The molecule has 0 radical (unpaired) electrons. The molecule has 0 saturated carbocycles. The summed E-state index contributed by atoms with van der Waals surface area (Å²) in [6.45, 7) is 4.73. The van der Waals surface area contributed by atoms with Gasteiger partial charge in [-0.3, -0.25) is 4.79 Å². The van der Waals surface area contributed by atoms with Crippen LogP contribution >= 0.6 is 11.3 Å². The zero-order chi connectivity index (χ0) is 19.4. The van der Waals surface area contributed by atoms with Crippen LogP contribution in [0.5, 0.6) is 0 Å². The minimum absolute atomic E-state index is 0.0800. The van der Waals surface area contributed by atoms with Crippen LogP contribution in [0.4, 0.5) is 0 Å². The molecule has 1 saturated heterocycles. The largest absolute Gasteiger partial charge is 0.335 e. The highest BCUT2D eigenvalue weighted by Gasteiger charge is 2.30. The van der Waals surface area contributed by atoms with Gasteiger partial charge in [-0.1, -0.05) is 23.8 Å². The van der Waals surface area contributed by atoms with Gasteiger partial charge >= 0.3 is 0 Å². The second-order valence-corrected chi connectivity index (χ2v) is 9.96. The number of amides is 1. The standard InChI is InChI=1S/C19H25N3O3S2/c1-16-5-7-18(8-6-16)27(24,25)22-11-9-21(10-12-22)19(23)15-20(2)14-17-4-3-13-26-17/h3-8,13H,9-12,14-15H2,1-2H3/p+1. The number of hydrogen-bond donors (Lipinski definition) is 1. The summed E-state index contributed by atoms with van der Waals surface area (Å²) < 4.78 is 27.0. The van der Waals surface area contributed by atoms with Gasteiger partial charge in [0.05, 0.1) is 16.8 Å². The van der Waals surface area contributed by atoms with E-state index < -0.39 is 10.0 Å². The second-order valence-electron chi connectivity index (χ2n) is 6.99. The summed E-state index contributed by atoms with van der Waals surface area (Å²) in [5, 5.41) is 2.04. The smallest absolute Gasteiger partial charge is 0.277 e. The molecule has 1 N–H and O–H groups in total. The summed E-state index contributed by atoms with van der Waals surface area (Å²) in [5.74, 6) is 0.0800. The Kier molecular flexibility index (Phi) is 6.31. The molecule has 8 heteroatoms. The molecule has 1 aromatic carbocycles. The first-order chi connectivity index (χ1) is 12.9. The van der Waals surface area contributed by atoms with E-state index in [1.165, 1.54) is 9.18 Å². The van der Waals surface area contributed by atoms with Crippen molar-refractivity contribution in [3.63, 3.8) is 0 Å². The minimum atomic E-state index is -3.49. The fraction of sp³-hybridized carbons (Fsp3) is 0.421. The molecular formula is C19H26N3O3S2+. The highest BCUT2D eigenvalue weighted by atomic mass is 32.2. The molecule has 0 spiro atoms. The van der Waals surface area contributed by atoms with Crippen molar-refractivity contribution >= 4 is 27.3 Å². The van der Waals surface area contributed by atoms with Gasteiger partial charge in [0, 0.05) is 26.2 Å². The maximum absolute atomic E-state index is 12.8. The lowest BCUT2D eigenvalue weighted by molar-refractivity contribution is -0.885. The quantitative estimate of drug-likeness (QED) is 0.762. The minimum Gasteiger partial charge on any atom is -0.335 e. The number of quaternary nitrogens is 1. The van der Waals surface area contributed by atoms with E-state index in [9.17, 15) is 13.2 Å². The Hall–Kier alpha value is -1.74. The van der Waals surface area contributed by atoms with Gasteiger partial charge in [-0.2, -0.15) is 4.31 Å². The second kappa shape index (κ2) is 8.52. The fourth-order valence-corrected chi connectivity index (χ4v) is 5.42. The van der Waals surface area contributed by atoms with Crippen molar-refractivity contribution < 1.29 is 18.1 Å². The van der Waals surface area contributed by atoms with Gasteiger partial charge in [-0.05, 0) is 30.5 Å². The SMILES string of the molecule is Cc1ccc(S(=O)(=O)N2CCN(C(=O)C[NH+](C)Cc3cccs3)CC2)cc1. The van der Waals surface area contributed by atoms with Crippen LogP contribution in [0.2, 0.25) is 0 Å². The van der Waals surface area contributed by atoms with Crippen LogP contribution in [-0.2, 0) is 21.4 Å². The van der Waals surface area contributed by atoms with Gasteiger partial charge < -0.3 is 9.80 Å². The molecular weight excluding hydrogens is 382 g/mol. The maximum Gasteiger partial charge on any atom is 0.277 e. The third-order valence-corrected chi connectivity index (χ3v) is 7.55. The number of likely N-dealkylation sites (N-methyl/N-ethyl adjacent to an activating group) is 1. The van der Waals surface area contributed by atoms with Crippen LogP contribution in [0.25, 0.3) is 0 Å². The third-order valence-electron chi connectivity index (χ3n) is 4.76. The van der Waals surface area contributed by atoms with Gasteiger partial charge in [0.15, 0.2) is 6.54 Å². The summed E-state index contributed by atoms with van der Waals surface area (Å²) >= 11 is 1.70. The van der Waals surface area contributed by atoms with Crippen LogP contribution in [0.1, 0.15) is 10.4 Å². The first kappa shape index (κ1) is 20.0. The van der Waals surface area contributed by atoms with Crippen molar-refractivity contribution in [3.05, 3.63) is 52.2 Å². The van der Waals surface area contributed by atoms with Crippen LogP contribution in [-0.4, -0.2) is 63.3 Å². The van der Waals surface area contributed by atoms with Gasteiger partial charge in [-0.25, -0.2) is 8.42 Å². The fourth-order valence-electron chi connectivity index (χ4n) is 3.18. The number of benzene rings is 1. The molecule has 1 aromatic heterocycles. The number of nitrogens with one attached hydrogen (secondary N) is 1. The molecule has 27 heavy (non-hydrogen) atoms. The lowest BCUT2D eigenvalue weighted by Crippen LogP contribution is -3.08. The number of thiophene rings is 1. The van der Waals surface area contributed by atoms with Crippen molar-refractivity contribution in [2.45, 2.75) is 18.4 Å². The van der Waals surface area contributed by atoms with E-state index in [-0.39, 0.29) is 5.91 Å². The number of carbonyl (C=O) groups is 1. The molecule has 2 aromatic rings. The van der Waals surface area contributed by atoms with Crippen LogP contribution in [0, 0.1) is 6.92 Å². The van der Waals surface area contributed by atoms with Crippen molar-refractivity contribution in [2.75, 3.05) is 39.8 Å². The Bertz CT molecular complexity index is 856. The maximum atomic E-state index is 12.8. The van der Waals surface area contributed by atoms with Gasteiger partial charge in [0.2, 0.25) is 10.0 Å². The number of sulfonamides is 1. The molecule has 146 valence electrons. The first-order valence-electron chi connectivity index (χ1n) is 9.04. The van der Waals surface area contributed by atoms with Gasteiger partial charge in [0.25, 0.3) is 5.91 Å². The van der Waals surface area contributed by atoms with Crippen LogP contribution in [0.3, 0.4) is 0 Å². The average Bonchev–Trinajstić information content (AvgIpc) is 3.15. The predicted octanol–water partition coefficient (Wildman–Crippen LogP) is 0.604. The topological polar surface area (TPSA) is 62.1 Å². The summed E-state index contributed by atoms with van der Waals surface area (Å²) in [4.78, 5) is 17.0. The molecule has 1 aliphatic rings. The number of carbonyl (C=O) groups excluding carboxylic acids is 1. The molecule has 3 rings (SSSR count). The average molecular weight is 409 g/mol. The molecule has 1 atom stereocenters. The molecule has 1 aliphatic heterocycles. The van der Waals surface area contributed by atoms with E-state index in [1.54, 1.807) is 40.5 Å². The van der Waals surface area contributed by atoms with Crippen molar-refractivity contribution in [2.24, 2.45) is 0 Å². The Morgan fingerprint density at radius 3 is 2.37 bits per heavy atom. The Balaban J connectivity index is 1.53. The van der Waals surface area contributed by atoms with E-state index >= 15 is 0 Å². The number of rotatable bonds is 6. The summed E-state index contributed by atoms with van der Waals surface area (Å²) in [6, 6.07) is 11.0. The lowest BCUT2D eigenvalue weighted by atomic mass is 10.2. The van der Waals surface area contributed by atoms with E-state index in [2.05, 4.69) is 6.07 Å². The van der Waals surface area contributed by atoms with E-state index in [0.29, 0.717) is 37.6 Å². The molecule has 2 heterocycles. The van der Waals surface area contributed by atoms with E-state index in [4.69, 9.17) is 0 Å². The number of nitrogens with zero attached hydrogens (tertiary/aromatic N) is 2. The van der Waals surface area contributed by atoms with E-state index in [0.717, 1.165) is 17.0 Å². The molecule has 0 bridgehead atoms. The highest BCUT2D eigenvalue weighted by Crippen LogP contribution is 2.18. The van der Waals surface area contributed by atoms with Crippen LogP contribution in [0.15, 0.2) is 46.7 Å². The number of piperazine rings is 1. The van der Waals surface area contributed by atoms with Gasteiger partial charge in [-0.15, -0.1) is 11.3 Å². The zero-order valence-corrected chi connectivity index (χ0v) is 17.4. The predicted molar refractivity (Wildman–Crippen MR) is 106 cm³/mol. The summed E-state index contributed by atoms with van der Waals surface area (Å²) in [7, 11) is -1.48. The number of hydrogen-bond acceptors (Lipinski definition) is 4. The van der Waals surface area contributed by atoms with Crippen molar-refractivity contribution in [1.82, 2.24) is 9.21 Å². The Labute approximate surface area is 165 Å². The van der Waals surface area contributed by atoms with Crippen molar-refractivity contribution in [3.8, 4) is 0 Å². The summed E-state index contributed by atoms with van der Waals surface area (Å²) in [6.07, 6.45) is 0. The van der Waals surface area contributed by atoms with Crippen molar-refractivity contribution in [1.29, 1.82) is 0 Å². The third kappa shape index (κ3) is 4.95. The van der Waals surface area contributed by atoms with E-state index in [1.807, 2.05) is 25.4 Å². The molecule has 1 fully saturated rings.